The van der Waals surface area contributed by atoms with E-state index >= 15 is 0 Å². The van der Waals surface area contributed by atoms with E-state index in [0.29, 0.717) is 43.1 Å². The molecule has 1 aromatic heterocycles. The lowest BCUT2D eigenvalue weighted by Gasteiger charge is -2.09. The van der Waals surface area contributed by atoms with Crippen molar-refractivity contribution in [3.8, 4) is 5.88 Å². The van der Waals surface area contributed by atoms with Gasteiger partial charge in [0.05, 0.1) is 12.2 Å². The molecule has 0 saturated carbocycles. The minimum absolute atomic E-state index is 0.00917. The summed E-state index contributed by atoms with van der Waals surface area (Å²) in [4.78, 5) is 33.4. The Morgan fingerprint density at radius 3 is 2.96 bits per heavy atom. The molecule has 3 rings (SSSR count). The maximum Gasteiger partial charge on any atom is 0.409 e. The number of carbonyl (C=O) groups excluding carboxylic acids is 2. The lowest BCUT2D eigenvalue weighted by atomic mass is 10.0. The van der Waals surface area contributed by atoms with Gasteiger partial charge in [-0.25, -0.2) is 14.8 Å². The number of likely N-dealkylation sites (N-methyl/N-ethyl adjacent to an activating group) is 1. The molecule has 1 saturated heterocycles. The summed E-state index contributed by atoms with van der Waals surface area (Å²) in [6, 6.07) is 8.97. The molecule has 8 heteroatoms. The first-order chi connectivity index (χ1) is 13.0. The number of cyclic esters (lactones) is 1. The van der Waals surface area contributed by atoms with Crippen LogP contribution in [0, 0.1) is 0 Å². The molecule has 2 N–H and O–H groups in total. The number of amides is 1. The third-order valence-corrected chi connectivity index (χ3v) is 4.29. The summed E-state index contributed by atoms with van der Waals surface area (Å²) >= 11 is 0. The van der Waals surface area contributed by atoms with Gasteiger partial charge in [-0.05, 0) is 18.1 Å². The molecular formula is C19H22N4O4. The Bertz CT molecular complexity index is 827. The van der Waals surface area contributed by atoms with Crippen molar-refractivity contribution in [1.82, 2.24) is 14.9 Å². The van der Waals surface area contributed by atoms with Crippen molar-refractivity contribution in [2.24, 2.45) is 5.73 Å². The van der Waals surface area contributed by atoms with Crippen LogP contribution in [0.4, 0.5) is 4.79 Å². The molecular weight excluding hydrogens is 348 g/mol. The average molecular weight is 370 g/mol. The van der Waals surface area contributed by atoms with Crippen LogP contribution in [-0.4, -0.2) is 46.4 Å². The number of hydrogen-bond acceptors (Lipinski definition) is 7. The van der Waals surface area contributed by atoms with Crippen LogP contribution in [0.1, 0.15) is 34.5 Å². The van der Waals surface area contributed by atoms with Crippen molar-refractivity contribution in [2.75, 3.05) is 13.6 Å². The van der Waals surface area contributed by atoms with Crippen LogP contribution < -0.4 is 10.5 Å². The molecule has 0 bridgehead atoms. The first kappa shape index (κ1) is 18.8. The Morgan fingerprint density at radius 1 is 1.37 bits per heavy atom. The minimum Gasteiger partial charge on any atom is -0.473 e. The zero-order valence-corrected chi connectivity index (χ0v) is 15.1. The van der Waals surface area contributed by atoms with Gasteiger partial charge in [0.15, 0.2) is 5.78 Å². The van der Waals surface area contributed by atoms with Crippen molar-refractivity contribution in [3.05, 3.63) is 53.5 Å². The van der Waals surface area contributed by atoms with Gasteiger partial charge in [0.25, 0.3) is 0 Å². The van der Waals surface area contributed by atoms with E-state index in [4.69, 9.17) is 15.2 Å². The van der Waals surface area contributed by atoms with Gasteiger partial charge in [-0.1, -0.05) is 18.2 Å². The molecule has 1 fully saturated rings. The SMILES string of the molecule is CN1CC(CCC(=O)c2cccc(COc3cc(CN)ncn3)c2)OC1=O. The largest absolute Gasteiger partial charge is 0.473 e. The molecule has 8 nitrogen and oxygen atoms in total. The number of Topliss-reactive ketones (excluding diaryl/α,β-unsaturated/α-hetero) is 1. The maximum absolute atomic E-state index is 12.4. The molecule has 27 heavy (non-hydrogen) atoms. The van der Waals surface area contributed by atoms with Gasteiger partial charge in [-0.15, -0.1) is 0 Å². The highest BCUT2D eigenvalue weighted by Gasteiger charge is 2.28. The quantitative estimate of drug-likeness (QED) is 0.707. The van der Waals surface area contributed by atoms with Crippen molar-refractivity contribution in [3.63, 3.8) is 0 Å². The summed E-state index contributed by atoms with van der Waals surface area (Å²) in [5.41, 5.74) is 7.72. The van der Waals surface area contributed by atoms with Crippen LogP contribution in [-0.2, 0) is 17.9 Å². The van der Waals surface area contributed by atoms with E-state index in [9.17, 15) is 9.59 Å². The first-order valence-corrected chi connectivity index (χ1v) is 8.73. The summed E-state index contributed by atoms with van der Waals surface area (Å²) in [6.45, 7) is 1.12. The Hall–Kier alpha value is -3.00. The lowest BCUT2D eigenvalue weighted by molar-refractivity contribution is 0.0938. The minimum atomic E-state index is -0.339. The van der Waals surface area contributed by atoms with Crippen molar-refractivity contribution >= 4 is 11.9 Å². The Kier molecular flexibility index (Phi) is 5.97. The number of carbonyl (C=O) groups is 2. The molecule has 1 unspecified atom stereocenters. The summed E-state index contributed by atoms with van der Waals surface area (Å²) in [6.07, 6.45) is 1.67. The number of aromatic nitrogens is 2. The second-order valence-corrected chi connectivity index (χ2v) is 6.39. The van der Waals surface area contributed by atoms with E-state index in [1.54, 1.807) is 25.2 Å². The summed E-state index contributed by atoms with van der Waals surface area (Å²) in [5, 5.41) is 0. The Balaban J connectivity index is 1.54. The van der Waals surface area contributed by atoms with Gasteiger partial charge in [-0.3, -0.25) is 4.79 Å². The topological polar surface area (TPSA) is 108 Å². The second kappa shape index (κ2) is 8.59. The van der Waals surface area contributed by atoms with Crippen LogP contribution in [0.3, 0.4) is 0 Å². The van der Waals surface area contributed by atoms with E-state index in [-0.39, 0.29) is 24.6 Å². The molecule has 0 radical (unpaired) electrons. The fraction of sp³-hybridized carbons (Fsp3) is 0.368. The Morgan fingerprint density at radius 2 is 2.22 bits per heavy atom. The molecule has 2 heterocycles. The van der Waals surface area contributed by atoms with Crippen LogP contribution in [0.2, 0.25) is 0 Å². The van der Waals surface area contributed by atoms with Crippen LogP contribution in [0.5, 0.6) is 5.88 Å². The second-order valence-electron chi connectivity index (χ2n) is 6.39. The number of hydrogen-bond donors (Lipinski definition) is 1. The average Bonchev–Trinajstić information content (AvgIpc) is 3.02. The fourth-order valence-electron chi connectivity index (χ4n) is 2.80. The van der Waals surface area contributed by atoms with Crippen LogP contribution in [0.15, 0.2) is 36.7 Å². The van der Waals surface area contributed by atoms with E-state index in [1.165, 1.54) is 11.2 Å². The number of ketones is 1. The lowest BCUT2D eigenvalue weighted by Crippen LogP contribution is -2.19. The zero-order chi connectivity index (χ0) is 19.2. The molecule has 1 aromatic carbocycles. The summed E-state index contributed by atoms with van der Waals surface area (Å²) in [7, 11) is 1.68. The van der Waals surface area contributed by atoms with Gasteiger partial charge < -0.3 is 20.1 Å². The molecule has 1 amide bonds. The highest BCUT2D eigenvalue weighted by atomic mass is 16.6. The van der Waals surface area contributed by atoms with Crippen molar-refractivity contribution in [1.29, 1.82) is 0 Å². The molecule has 0 spiro atoms. The van der Waals surface area contributed by atoms with E-state index < -0.39 is 0 Å². The van der Waals surface area contributed by atoms with Crippen molar-refractivity contribution < 1.29 is 19.1 Å². The van der Waals surface area contributed by atoms with Gasteiger partial charge in [0, 0.05) is 31.6 Å². The first-order valence-electron chi connectivity index (χ1n) is 8.73. The van der Waals surface area contributed by atoms with Gasteiger partial charge >= 0.3 is 6.09 Å². The number of nitrogens with zero attached hydrogens (tertiary/aromatic N) is 3. The third-order valence-electron chi connectivity index (χ3n) is 4.29. The van der Waals surface area contributed by atoms with Gasteiger partial charge in [0.2, 0.25) is 5.88 Å². The smallest absolute Gasteiger partial charge is 0.409 e. The van der Waals surface area contributed by atoms with E-state index in [0.717, 1.165) is 5.56 Å². The monoisotopic (exact) mass is 370 g/mol. The predicted octanol–water partition coefficient (Wildman–Crippen LogP) is 1.93. The van der Waals surface area contributed by atoms with Crippen molar-refractivity contribution in [2.45, 2.75) is 32.1 Å². The number of nitrogens with two attached hydrogens (primary N) is 1. The van der Waals surface area contributed by atoms with E-state index in [1.807, 2.05) is 12.1 Å². The van der Waals surface area contributed by atoms with Gasteiger partial charge in [-0.2, -0.15) is 0 Å². The predicted molar refractivity (Wildman–Crippen MR) is 97.2 cm³/mol. The molecule has 1 aliphatic heterocycles. The van der Waals surface area contributed by atoms with Crippen LogP contribution >= 0.6 is 0 Å². The standard InChI is InChI=1S/C19H22N4O4/c1-23-10-16(27-19(23)25)5-6-17(24)14-4-2-3-13(7-14)11-26-18-8-15(9-20)21-12-22-18/h2-4,7-8,12,16H,5-6,9-11,20H2,1H3. The normalized spacial score (nSPS) is 16.3. The molecule has 2 aromatic rings. The molecule has 0 aliphatic carbocycles. The fourth-order valence-corrected chi connectivity index (χ4v) is 2.80. The molecule has 1 aliphatic rings. The number of ether oxygens (including phenoxy) is 2. The highest BCUT2D eigenvalue weighted by Crippen LogP contribution is 2.17. The van der Waals surface area contributed by atoms with Crippen LogP contribution in [0.25, 0.3) is 0 Å². The summed E-state index contributed by atoms with van der Waals surface area (Å²) in [5.74, 6) is 0.448. The maximum atomic E-state index is 12.4. The Labute approximate surface area is 157 Å². The highest BCUT2D eigenvalue weighted by molar-refractivity contribution is 5.96. The zero-order valence-electron chi connectivity index (χ0n) is 15.1. The molecule has 142 valence electrons. The van der Waals surface area contributed by atoms with Gasteiger partial charge in [0.1, 0.15) is 19.0 Å². The number of rotatable bonds is 8. The molecule has 1 atom stereocenters. The summed E-state index contributed by atoms with van der Waals surface area (Å²) < 4.78 is 10.8. The number of benzene rings is 1. The third kappa shape index (κ3) is 5.01. The van der Waals surface area contributed by atoms with E-state index in [2.05, 4.69) is 9.97 Å².